The average Bonchev–Trinajstić information content (AvgIpc) is 3.72. The van der Waals surface area contributed by atoms with Crippen molar-refractivity contribution in [1.29, 1.82) is 21.0 Å². The van der Waals surface area contributed by atoms with Gasteiger partial charge in [-0.2, -0.15) is 21.0 Å². The number of aromatic nitrogens is 2. The Morgan fingerprint density at radius 3 is 0.950 bits per heavy atom. The van der Waals surface area contributed by atoms with Crippen molar-refractivity contribution in [3.05, 3.63) is 154 Å². The van der Waals surface area contributed by atoms with E-state index in [-0.39, 0.29) is 16.2 Å². The number of hydrogen-bond donors (Lipinski definition) is 0. The summed E-state index contributed by atoms with van der Waals surface area (Å²) in [6, 6.07) is 47.3. The second kappa shape index (κ2) is 13.9. The first-order chi connectivity index (χ1) is 28.3. The molecule has 0 N–H and O–H groups in total. The zero-order chi connectivity index (χ0) is 43.1. The minimum atomic E-state index is -4.02. The molecule has 60 heavy (non-hydrogen) atoms. The molecular weight excluding hydrogens is 749 g/mol. The van der Waals surface area contributed by atoms with E-state index in [9.17, 15) is 21.0 Å². The first-order valence-electron chi connectivity index (χ1n) is 20.4. The molecule has 0 saturated carbocycles. The second-order valence-electron chi connectivity index (χ2n) is 19.4. The summed E-state index contributed by atoms with van der Waals surface area (Å²) in [6.07, 6.45) is 0. The van der Waals surface area contributed by atoms with E-state index in [0.717, 1.165) is 59.5 Å². The Morgan fingerprint density at radius 1 is 0.383 bits per heavy atom. The zero-order valence-electron chi connectivity index (χ0n) is 36.1. The smallest absolute Gasteiger partial charge is 0.340 e. The third-order valence-corrected chi connectivity index (χ3v) is 16.6. The molecule has 8 aromatic rings. The maximum atomic E-state index is 10.6. The highest BCUT2D eigenvalue weighted by Crippen LogP contribution is 2.42. The Bertz CT molecular complexity index is 3060. The molecular formula is C53H48N6Si. The third-order valence-electron chi connectivity index (χ3n) is 12.1. The standard InChI is InChI=1S/C53H48N6Si/c1-33-11-15-47-43(19-33)44-26-38(51(2,3)4)12-16-48(44)58(47)60(41-22-34(29-54)20-35(23-41)30-55,42-24-36(31-56)21-37(25-42)32-57)59-49-17-13-39(52(5,6)7)27-45(49)46-28-40(53(8,9)10)14-18-50(46)59/h11-28H,1-10H3. The van der Waals surface area contributed by atoms with Gasteiger partial charge in [-0.15, -0.1) is 0 Å². The van der Waals surface area contributed by atoms with Gasteiger partial charge in [-0.3, -0.25) is 0 Å². The van der Waals surface area contributed by atoms with Crippen LogP contribution >= 0.6 is 0 Å². The summed E-state index contributed by atoms with van der Waals surface area (Å²) in [4.78, 5) is 0. The summed E-state index contributed by atoms with van der Waals surface area (Å²) in [5.74, 6) is 0. The zero-order valence-corrected chi connectivity index (χ0v) is 37.1. The Balaban J connectivity index is 1.76. The molecule has 0 aliphatic heterocycles. The maximum Gasteiger partial charge on any atom is 0.340 e. The Morgan fingerprint density at radius 2 is 0.667 bits per heavy atom. The topological polar surface area (TPSA) is 105 Å². The predicted molar refractivity (Wildman–Crippen MR) is 247 cm³/mol. The van der Waals surface area contributed by atoms with E-state index in [1.54, 1.807) is 12.1 Å². The minimum absolute atomic E-state index is 0.130. The molecule has 6 nitrogen and oxygen atoms in total. The van der Waals surface area contributed by atoms with Gasteiger partial charge < -0.3 is 8.47 Å². The molecule has 8 rings (SSSR count). The van der Waals surface area contributed by atoms with Crippen LogP contribution in [0.4, 0.5) is 0 Å². The van der Waals surface area contributed by atoms with Gasteiger partial charge in [-0.1, -0.05) is 92.1 Å². The molecule has 0 atom stereocenters. The normalized spacial score (nSPS) is 12.4. The van der Waals surface area contributed by atoms with Gasteiger partial charge in [0.2, 0.25) is 0 Å². The quantitative estimate of drug-likeness (QED) is 0.165. The number of nitriles is 4. The van der Waals surface area contributed by atoms with E-state index in [1.807, 2.05) is 24.3 Å². The van der Waals surface area contributed by atoms with E-state index in [0.29, 0.717) is 22.3 Å². The van der Waals surface area contributed by atoms with Gasteiger partial charge >= 0.3 is 8.40 Å². The van der Waals surface area contributed by atoms with Gasteiger partial charge in [0, 0.05) is 43.6 Å². The summed E-state index contributed by atoms with van der Waals surface area (Å²) in [6.45, 7) is 22.2. The summed E-state index contributed by atoms with van der Waals surface area (Å²) in [5, 5.41) is 48.4. The molecule has 0 fully saturated rings. The molecule has 0 saturated heterocycles. The van der Waals surface area contributed by atoms with Gasteiger partial charge in [-0.05, 0) is 135 Å². The van der Waals surface area contributed by atoms with Gasteiger partial charge in [0.05, 0.1) is 46.5 Å². The number of aryl methyl sites for hydroxylation is 1. The summed E-state index contributed by atoms with van der Waals surface area (Å²) < 4.78 is 4.94. The van der Waals surface area contributed by atoms with E-state index >= 15 is 0 Å². The van der Waals surface area contributed by atoms with Crippen LogP contribution in [0.5, 0.6) is 0 Å². The van der Waals surface area contributed by atoms with E-state index in [2.05, 4.69) is 175 Å². The van der Waals surface area contributed by atoms with Crippen LogP contribution in [0.15, 0.2) is 109 Å². The van der Waals surface area contributed by atoms with Crippen LogP contribution in [-0.2, 0) is 16.2 Å². The van der Waals surface area contributed by atoms with E-state index < -0.39 is 8.40 Å². The highest BCUT2D eigenvalue weighted by atomic mass is 28.3. The molecule has 0 bridgehead atoms. The van der Waals surface area contributed by atoms with Crippen LogP contribution in [0, 0.1) is 52.2 Å². The third kappa shape index (κ3) is 6.26. The number of rotatable bonds is 4. The lowest BCUT2D eigenvalue weighted by atomic mass is 9.85. The number of nitrogens with zero attached hydrogens (tertiary/aromatic N) is 6. The van der Waals surface area contributed by atoms with Gasteiger partial charge in [0.15, 0.2) is 0 Å². The van der Waals surface area contributed by atoms with Crippen LogP contribution in [0.25, 0.3) is 43.6 Å². The Hall–Kier alpha value is -6.90. The van der Waals surface area contributed by atoms with Crippen molar-refractivity contribution in [2.45, 2.75) is 85.5 Å². The molecule has 294 valence electrons. The van der Waals surface area contributed by atoms with Crippen molar-refractivity contribution in [2.24, 2.45) is 0 Å². The molecule has 2 heterocycles. The first kappa shape index (κ1) is 39.9. The van der Waals surface area contributed by atoms with Crippen molar-refractivity contribution < 1.29 is 0 Å². The Kier molecular flexibility index (Phi) is 9.21. The molecule has 0 aliphatic carbocycles. The molecule has 0 amide bonds. The maximum absolute atomic E-state index is 10.6. The minimum Gasteiger partial charge on any atom is -0.342 e. The highest BCUT2D eigenvalue weighted by Gasteiger charge is 2.48. The fourth-order valence-corrected chi connectivity index (χ4v) is 14.1. The average molecular weight is 797 g/mol. The fourth-order valence-electron chi connectivity index (χ4n) is 8.96. The molecule has 2 aromatic heterocycles. The Labute approximate surface area is 353 Å². The molecule has 0 radical (unpaired) electrons. The van der Waals surface area contributed by atoms with Gasteiger partial charge in [0.25, 0.3) is 0 Å². The van der Waals surface area contributed by atoms with Crippen molar-refractivity contribution in [3.63, 3.8) is 0 Å². The second-order valence-corrected chi connectivity index (χ2v) is 22.7. The summed E-state index contributed by atoms with van der Waals surface area (Å²) >= 11 is 0. The monoisotopic (exact) mass is 796 g/mol. The molecule has 0 unspecified atom stereocenters. The number of fused-ring (bicyclic) bond motifs is 6. The number of benzene rings is 6. The van der Waals surface area contributed by atoms with Crippen LogP contribution in [0.2, 0.25) is 0 Å². The predicted octanol–water partition coefficient (Wildman–Crippen LogP) is 11.2. The van der Waals surface area contributed by atoms with Gasteiger partial charge in [0.1, 0.15) is 0 Å². The molecule has 0 aliphatic rings. The van der Waals surface area contributed by atoms with Crippen LogP contribution in [0.1, 0.15) is 107 Å². The van der Waals surface area contributed by atoms with Crippen molar-refractivity contribution >= 4 is 62.4 Å². The van der Waals surface area contributed by atoms with Crippen LogP contribution in [0.3, 0.4) is 0 Å². The van der Waals surface area contributed by atoms with Crippen molar-refractivity contribution in [3.8, 4) is 24.3 Å². The van der Waals surface area contributed by atoms with E-state index in [4.69, 9.17) is 0 Å². The van der Waals surface area contributed by atoms with Crippen LogP contribution in [-0.4, -0.2) is 16.9 Å². The van der Waals surface area contributed by atoms with E-state index in [1.165, 1.54) is 16.7 Å². The first-order valence-corrected chi connectivity index (χ1v) is 22.3. The van der Waals surface area contributed by atoms with Crippen molar-refractivity contribution in [1.82, 2.24) is 8.47 Å². The van der Waals surface area contributed by atoms with Crippen LogP contribution < -0.4 is 10.4 Å². The SMILES string of the molecule is Cc1ccc2c(c1)c1cc(C(C)(C)C)ccc1n2[Si](c1cc(C#N)cc(C#N)c1)(c1cc(C#N)cc(C#N)c1)n1c2ccc(C(C)(C)C)cc2c2cc(C(C)(C)C)ccc21. The van der Waals surface area contributed by atoms with Gasteiger partial charge in [-0.25, -0.2) is 0 Å². The lowest BCUT2D eigenvalue weighted by Gasteiger charge is -2.38. The molecule has 7 heteroatoms. The molecule has 0 spiro atoms. The molecule has 6 aromatic carbocycles. The summed E-state index contributed by atoms with van der Waals surface area (Å²) in [7, 11) is -4.02. The summed E-state index contributed by atoms with van der Waals surface area (Å²) in [5.41, 5.74) is 9.63. The highest BCUT2D eigenvalue weighted by molar-refractivity contribution is 7.02. The lowest BCUT2D eigenvalue weighted by molar-refractivity contribution is 0.590. The largest absolute Gasteiger partial charge is 0.342 e. The fraction of sp³-hybridized carbons (Fsp3) is 0.245. The van der Waals surface area contributed by atoms with Crippen molar-refractivity contribution in [2.75, 3.05) is 0 Å². The lowest BCUT2D eigenvalue weighted by Crippen LogP contribution is -2.69. The number of hydrogen-bond acceptors (Lipinski definition) is 4.